The van der Waals surface area contributed by atoms with E-state index in [9.17, 15) is 153 Å². The zero-order valence-corrected chi connectivity index (χ0v) is 90.5. The van der Waals surface area contributed by atoms with Gasteiger partial charge >= 0.3 is 0 Å². The molecule has 0 radical (unpaired) electrons. The van der Waals surface area contributed by atoms with Gasteiger partial charge in [-0.3, -0.25) is 74.1 Å². The number of amides is 3. The van der Waals surface area contributed by atoms with Crippen molar-refractivity contribution in [2.45, 2.75) is 193 Å². The van der Waals surface area contributed by atoms with E-state index < -0.39 is 243 Å². The molecule has 0 unspecified atom stereocenters. The minimum Gasteiger partial charge on any atom is -0.490 e. The molecule has 0 aliphatic carbocycles. The summed E-state index contributed by atoms with van der Waals surface area (Å²) in [6.07, 6.45) is 0.882. The summed E-state index contributed by atoms with van der Waals surface area (Å²) in [5.41, 5.74) is -1.49. The van der Waals surface area contributed by atoms with Gasteiger partial charge in [0.15, 0.2) is 57.6 Å². The number of carbonyl (C=O) groups excluding carboxylic acids is 5. The molecule has 4 rings (SSSR count). The summed E-state index contributed by atoms with van der Waals surface area (Å²) in [7, 11) is -48.5. The van der Waals surface area contributed by atoms with Crippen molar-refractivity contribution in [1.29, 1.82) is 0 Å². The van der Waals surface area contributed by atoms with E-state index in [0.29, 0.717) is 25.7 Å². The molecule has 0 bridgehead atoms. The minimum absolute atomic E-state index is 0.00180. The molecule has 0 aliphatic rings. The second-order valence-electron chi connectivity index (χ2n) is 33.2. The van der Waals surface area contributed by atoms with E-state index in [-0.39, 0.29) is 285 Å². The van der Waals surface area contributed by atoms with E-state index >= 15 is 0 Å². The maximum Gasteiger partial charge on any atom is 0.264 e. The lowest BCUT2D eigenvalue weighted by molar-refractivity contribution is -0.123. The molecule has 3 amide bonds. The van der Waals surface area contributed by atoms with E-state index in [2.05, 4.69) is 16.0 Å². The molecule has 148 heavy (non-hydrogen) atoms. The van der Waals surface area contributed by atoms with Gasteiger partial charge in [-0.05, 0) is 177 Å². The Kier molecular flexibility index (Phi) is 58.5. The maximum atomic E-state index is 14.4. The van der Waals surface area contributed by atoms with Crippen LogP contribution in [0.25, 0.3) is 0 Å². The predicted molar refractivity (Wildman–Crippen MR) is 534 cm³/mol. The molecule has 4 aromatic carbocycles. The van der Waals surface area contributed by atoms with Crippen molar-refractivity contribution in [2.75, 3.05) is 156 Å². The minimum atomic E-state index is -4.51. The summed E-state index contributed by atoms with van der Waals surface area (Å²) < 4.78 is 422. The van der Waals surface area contributed by atoms with Crippen molar-refractivity contribution in [2.24, 2.45) is 0 Å². The first kappa shape index (κ1) is 133. The molecule has 0 aliphatic heterocycles. The summed E-state index contributed by atoms with van der Waals surface area (Å²) in [6.45, 7) is 1.33. The van der Waals surface area contributed by atoms with Gasteiger partial charge in [-0.1, -0.05) is 40.0 Å². The first-order valence-corrected chi connectivity index (χ1v) is 64.1. The third-order valence-corrected chi connectivity index (χ3v) is 28.8. The number of Topliss-reactive ketones (excluding diaryl/α,β-unsaturated/α-hetero) is 2. The van der Waals surface area contributed by atoms with E-state index in [0.717, 1.165) is 30.7 Å². The van der Waals surface area contributed by atoms with Crippen molar-refractivity contribution in [3.63, 3.8) is 0 Å². The Morgan fingerprint density at radius 1 is 0.230 bits per heavy atom. The van der Waals surface area contributed by atoms with Crippen LogP contribution in [-0.4, -0.2) is 333 Å². The lowest BCUT2D eigenvalue weighted by Gasteiger charge is -2.36. The van der Waals surface area contributed by atoms with Gasteiger partial charge in [0.1, 0.15) is 0 Å². The third-order valence-electron chi connectivity index (χ3n) is 20.0. The van der Waals surface area contributed by atoms with Crippen molar-refractivity contribution < 1.29 is 223 Å². The molecule has 4 aromatic rings. The molecule has 0 spiro atoms. The first-order valence-electron chi connectivity index (χ1n) is 46.4. The summed E-state index contributed by atoms with van der Waals surface area (Å²) in [6, 6.07) is 9.93. The molecule has 850 valence electrons. The molecule has 0 aromatic heterocycles. The molecule has 0 saturated heterocycles. The topological polar surface area (TPSA) is 830 Å². The molecule has 14 N–H and O–H groups in total. The van der Waals surface area contributed by atoms with E-state index in [1.54, 1.807) is 6.92 Å². The van der Waals surface area contributed by atoms with Gasteiger partial charge in [-0.15, -0.1) is 0 Å². The van der Waals surface area contributed by atoms with Crippen LogP contribution in [0.15, 0.2) is 48.5 Å². The highest BCUT2D eigenvalue weighted by Gasteiger charge is 2.33. The second kappa shape index (κ2) is 64.9. The van der Waals surface area contributed by atoms with Crippen LogP contribution in [0.1, 0.15) is 229 Å². The van der Waals surface area contributed by atoms with Crippen LogP contribution in [-0.2, 0) is 116 Å². The highest BCUT2D eigenvalue weighted by atomic mass is 32.3. The summed E-state index contributed by atoms with van der Waals surface area (Å²) >= 11 is 0. The van der Waals surface area contributed by atoms with Gasteiger partial charge in [-0.2, -0.15) is 92.6 Å². The number of rotatable bonds is 82. The van der Waals surface area contributed by atoms with Crippen LogP contribution in [0.3, 0.4) is 0 Å². The Balaban J connectivity index is 0.00000131. The molecular weight excluding hydrogens is 2200 g/mol. The van der Waals surface area contributed by atoms with Gasteiger partial charge in [0.2, 0.25) is 28.9 Å². The van der Waals surface area contributed by atoms with Gasteiger partial charge in [0.25, 0.3) is 123 Å². The lowest BCUT2D eigenvalue weighted by Crippen LogP contribution is -2.49. The normalized spacial score (nSPS) is 12.5. The molecule has 0 saturated carbocycles. The van der Waals surface area contributed by atoms with Crippen LogP contribution in [0.2, 0.25) is 0 Å². The number of hydrogen-bond acceptors (Lipinski definition) is 39. The predicted octanol–water partition coefficient (Wildman–Crippen LogP) is 6.97. The Labute approximate surface area is 862 Å². The van der Waals surface area contributed by atoms with E-state index in [1.807, 2.05) is 13.8 Å². The van der Waals surface area contributed by atoms with Crippen LogP contribution >= 0.6 is 0 Å². The van der Waals surface area contributed by atoms with Crippen LogP contribution < -0.4 is 72.8 Å². The Hall–Kier alpha value is -8.76. The average Bonchev–Trinajstić information content (AvgIpc) is 0.819. The largest absolute Gasteiger partial charge is 0.490 e. The highest BCUT2D eigenvalue weighted by Crippen LogP contribution is 2.45. The quantitative estimate of drug-likeness (QED) is 0.0120. The van der Waals surface area contributed by atoms with Crippen LogP contribution in [0.5, 0.6) is 69.0 Å². The summed E-state index contributed by atoms with van der Waals surface area (Å²) in [4.78, 5) is 69.5. The number of hydrogen-bond donors (Lipinski definition) is 14. The maximum absolute atomic E-state index is 14.4. The van der Waals surface area contributed by atoms with Crippen molar-refractivity contribution >= 4 is 141 Å². The van der Waals surface area contributed by atoms with Crippen LogP contribution in [0, 0.1) is 0 Å². The summed E-state index contributed by atoms with van der Waals surface area (Å²) in [5.74, 6) is -12.8. The van der Waals surface area contributed by atoms with Gasteiger partial charge in [0.05, 0.1) is 143 Å². The molecule has 53 nitrogen and oxygen atoms in total. The van der Waals surface area contributed by atoms with Gasteiger partial charge in [0, 0.05) is 60.1 Å². The second-order valence-corrected chi connectivity index (χ2v) is 50.5. The van der Waals surface area contributed by atoms with Gasteiger partial charge < -0.3 is 72.8 Å². The number of ketones is 2. The first-order chi connectivity index (χ1) is 68.7. The number of ether oxygens (including phenoxy) is 12. The number of unbranched alkanes of at least 4 members (excludes halogenated alkanes) is 3. The SMILES string of the molecule is CCCCC(=O)c1cc(OCCCS(=O)(=O)O)c(OCCCS(=O)(=O)O)c(OCCCS(=O)(=O)O)c1.CCCCOc1cc(C(=O)CCCCC(CCCNC(=O)c2cc(OCCCS(=O)(=O)O)c(OCCCS(=O)(=O)O)c(OCCCS(=O)(=O)O)c2)(CCCNC(=O)c2cc(OCCCS(=O)(=O)O)c(OCCCS(=O)(=O)O)c(OCCCS(=O)(=O)O)c2)NC(=O)CCC)cc(OCCCS(=O)(=O)O)c1OCCCS(=O)(=O)O. The monoisotopic (exact) mass is 2340 g/mol. The molecule has 0 fully saturated rings. The number of nitrogens with one attached hydrogen (secondary N) is 3. The fraction of sp³-hybridized carbons (Fsp3) is 0.655. The fourth-order valence-electron chi connectivity index (χ4n) is 13.3. The molecular formula is C84H133N3O50S11. The average molecular weight is 2340 g/mol. The highest BCUT2D eigenvalue weighted by molar-refractivity contribution is 7.88. The smallest absolute Gasteiger partial charge is 0.264 e. The zero-order valence-electron chi connectivity index (χ0n) is 81.5. The van der Waals surface area contributed by atoms with Crippen molar-refractivity contribution in [3.05, 3.63) is 70.8 Å². The fourth-order valence-corrected chi connectivity index (χ4v) is 18.6. The van der Waals surface area contributed by atoms with Crippen LogP contribution in [0.4, 0.5) is 0 Å². The molecule has 0 atom stereocenters. The Bertz CT molecular complexity index is 5920. The molecule has 64 heteroatoms. The molecule has 0 heterocycles. The van der Waals surface area contributed by atoms with Crippen molar-refractivity contribution in [3.8, 4) is 69.0 Å². The lowest BCUT2D eigenvalue weighted by atomic mass is 9.82. The Morgan fingerprint density at radius 2 is 0.419 bits per heavy atom. The zero-order chi connectivity index (χ0) is 111. The van der Waals surface area contributed by atoms with Crippen molar-refractivity contribution in [1.82, 2.24) is 16.0 Å². The number of benzene rings is 4. The van der Waals surface area contributed by atoms with Gasteiger partial charge in [-0.25, -0.2) is 0 Å². The summed E-state index contributed by atoms with van der Waals surface area (Å²) in [5, 5.41) is 8.64. The van der Waals surface area contributed by atoms with E-state index in [1.165, 1.54) is 24.3 Å². The van der Waals surface area contributed by atoms with E-state index in [4.69, 9.17) is 70.5 Å². The standard InChI is InChI=1S/C64H101N3O37S8.C20H32O13S3/c1-3-5-25-96-52-42-48(43-53(97-26-10-34-105(72,73)74)59(52)102-31-15-39-110(87,88)89)51(68)19-6-7-20-64(67-58(69)18-4-2,21-8-23-65-62(70)49-44-54(98-27-11-35-106(75,76)77)60(103-32-16-40-111(90,91)92)55(45-49)99-28-12-36-107(78,79)80)22-9-24-66-63(71)50-46-56(100-29-13-37-108(81,82)83)61(104-33-17-41-112(93,94)95)57(47-50)101-30-14-38-109(84,85)86;1-2-3-7-17(21)16-14-18(31-8-4-11-34(22,23)24)20(33-10-6-13-36(28,29)30)19(15-16)32-9-5-12-35(25,26)27/h42-47H,3-41H2,1-2H3,(H,65,70)(H,66,71)(H,67,69)(H,72,73,74)(H,75,76,77)(H,78,79,80)(H,81,82,83)(H,84,85,86)(H,87,88,89)(H,90,91,92)(H,93,94,95);14-15H,2-13H2,1H3,(H,22,23,24)(H,25,26,27)(H,28,29,30). The third kappa shape index (κ3) is 63.5. The Morgan fingerprint density at radius 3 is 0.622 bits per heavy atom. The number of carbonyl (C=O) groups is 5.